The van der Waals surface area contributed by atoms with Crippen LogP contribution in [0.3, 0.4) is 0 Å². The summed E-state index contributed by atoms with van der Waals surface area (Å²) in [6.45, 7) is 8.12. The lowest BCUT2D eigenvalue weighted by Crippen LogP contribution is -2.46. The number of nitrogens with one attached hydrogen (secondary N) is 1. The number of aromatic amines is 1. The molecule has 0 aromatic carbocycles. The van der Waals surface area contributed by atoms with E-state index in [2.05, 4.69) is 35.0 Å². The second-order valence-electron chi connectivity index (χ2n) is 5.77. The largest absolute Gasteiger partial charge is 0.364 e. The Morgan fingerprint density at radius 3 is 3.16 bits per heavy atom. The summed E-state index contributed by atoms with van der Waals surface area (Å²) in [4.78, 5) is 14.0. The summed E-state index contributed by atoms with van der Waals surface area (Å²) in [7, 11) is 0. The number of allylic oxidation sites excluding steroid dienone is 1. The summed E-state index contributed by atoms with van der Waals surface area (Å²) in [5.41, 5.74) is 0.996. The van der Waals surface area contributed by atoms with Crippen LogP contribution in [0.25, 0.3) is 0 Å². The van der Waals surface area contributed by atoms with Crippen molar-refractivity contribution in [1.82, 2.24) is 19.7 Å². The number of hydrogen-bond acceptors (Lipinski definition) is 4. The van der Waals surface area contributed by atoms with Crippen LogP contribution in [0.5, 0.6) is 0 Å². The van der Waals surface area contributed by atoms with Crippen LogP contribution in [-0.4, -0.2) is 44.9 Å². The highest BCUT2D eigenvalue weighted by Crippen LogP contribution is 2.30. The Hall–Kier alpha value is -1.40. The van der Waals surface area contributed by atoms with Crippen molar-refractivity contribution in [3.63, 3.8) is 0 Å². The third-order valence-corrected chi connectivity index (χ3v) is 3.94. The minimum Gasteiger partial charge on any atom is -0.364 e. The predicted molar refractivity (Wildman–Crippen MR) is 70.9 cm³/mol. The molecule has 104 valence electrons. The fourth-order valence-electron chi connectivity index (χ4n) is 2.82. The predicted octanol–water partition coefficient (Wildman–Crippen LogP) is 0.512. The van der Waals surface area contributed by atoms with Gasteiger partial charge in [-0.25, -0.2) is 9.89 Å². The molecule has 1 N–H and O–H groups in total. The summed E-state index contributed by atoms with van der Waals surface area (Å²) >= 11 is 0. The third-order valence-electron chi connectivity index (χ3n) is 3.94. The van der Waals surface area contributed by atoms with Crippen molar-refractivity contribution in [3.05, 3.63) is 28.0 Å². The topological polar surface area (TPSA) is 63.2 Å². The van der Waals surface area contributed by atoms with Crippen LogP contribution in [0.2, 0.25) is 0 Å². The number of hydrogen-bond donors (Lipinski definition) is 1. The highest BCUT2D eigenvalue weighted by Gasteiger charge is 2.42. The molecule has 1 aromatic rings. The van der Waals surface area contributed by atoms with Crippen LogP contribution in [0.15, 0.2) is 16.4 Å². The number of rotatable bonds is 2. The van der Waals surface area contributed by atoms with Crippen LogP contribution in [0.1, 0.15) is 26.1 Å². The smallest absolute Gasteiger partial charge is 0.343 e. The average Bonchev–Trinajstić information content (AvgIpc) is 2.93. The van der Waals surface area contributed by atoms with Crippen LogP contribution in [0.4, 0.5) is 0 Å². The number of ether oxygens (including phenoxy) is 1. The fraction of sp³-hybridized carbons (Fsp3) is 0.692. The molecule has 1 unspecified atom stereocenters. The fourth-order valence-corrected chi connectivity index (χ4v) is 2.82. The molecule has 1 atom stereocenters. The Labute approximate surface area is 112 Å². The normalized spacial score (nSPS) is 26.6. The third kappa shape index (κ3) is 2.37. The van der Waals surface area contributed by atoms with Crippen molar-refractivity contribution in [2.75, 3.05) is 19.6 Å². The first-order valence-corrected chi connectivity index (χ1v) is 6.72. The van der Waals surface area contributed by atoms with E-state index < -0.39 is 0 Å². The lowest BCUT2D eigenvalue weighted by Gasteiger charge is -2.33. The van der Waals surface area contributed by atoms with E-state index >= 15 is 0 Å². The Kier molecular flexibility index (Phi) is 3.06. The Balaban J connectivity index is 1.72. The molecule has 1 fully saturated rings. The van der Waals surface area contributed by atoms with Gasteiger partial charge >= 0.3 is 5.69 Å². The Bertz CT molecular complexity index is 555. The van der Waals surface area contributed by atoms with Gasteiger partial charge in [0.2, 0.25) is 0 Å². The first-order chi connectivity index (χ1) is 9.08. The van der Waals surface area contributed by atoms with E-state index in [1.165, 1.54) is 5.57 Å². The van der Waals surface area contributed by atoms with E-state index in [1.54, 1.807) is 4.57 Å². The van der Waals surface area contributed by atoms with Gasteiger partial charge in [-0.2, -0.15) is 5.10 Å². The van der Waals surface area contributed by atoms with E-state index in [0.717, 1.165) is 26.1 Å². The molecule has 0 amide bonds. The molecule has 0 radical (unpaired) electrons. The van der Waals surface area contributed by atoms with Crippen LogP contribution >= 0.6 is 0 Å². The van der Waals surface area contributed by atoms with Gasteiger partial charge in [0, 0.05) is 19.6 Å². The quantitative estimate of drug-likeness (QED) is 0.791. The van der Waals surface area contributed by atoms with Gasteiger partial charge in [-0.05, 0) is 20.3 Å². The van der Waals surface area contributed by atoms with Crippen molar-refractivity contribution < 1.29 is 4.74 Å². The molecule has 3 rings (SSSR count). The van der Waals surface area contributed by atoms with Crippen LogP contribution in [-0.2, 0) is 17.9 Å². The van der Waals surface area contributed by atoms with Gasteiger partial charge < -0.3 is 4.74 Å². The molecule has 0 bridgehead atoms. The molecule has 6 nitrogen and oxygen atoms in total. The maximum atomic E-state index is 11.7. The highest BCUT2D eigenvalue weighted by atomic mass is 16.5. The highest BCUT2D eigenvalue weighted by molar-refractivity contribution is 5.02. The molecule has 19 heavy (non-hydrogen) atoms. The summed E-state index contributed by atoms with van der Waals surface area (Å²) in [5, 5.41) is 6.46. The monoisotopic (exact) mass is 264 g/mol. The number of likely N-dealkylation sites (tertiary alicyclic amines) is 1. The average molecular weight is 264 g/mol. The maximum Gasteiger partial charge on any atom is 0.343 e. The van der Waals surface area contributed by atoms with E-state index in [1.807, 2.05) is 0 Å². The summed E-state index contributed by atoms with van der Waals surface area (Å²) in [6.07, 6.45) is 3.21. The SMILES string of the molecule is CC(C)=CCN1CCC2(C1)Cn1c(n[nH]c1=O)CO2. The molecule has 3 heterocycles. The van der Waals surface area contributed by atoms with Crippen molar-refractivity contribution in [1.29, 1.82) is 0 Å². The van der Waals surface area contributed by atoms with Gasteiger partial charge in [0.1, 0.15) is 12.2 Å². The number of nitrogens with zero attached hydrogens (tertiary/aromatic N) is 3. The zero-order valence-electron chi connectivity index (χ0n) is 11.5. The minimum atomic E-state index is -0.212. The summed E-state index contributed by atoms with van der Waals surface area (Å²) in [6, 6.07) is 0. The Morgan fingerprint density at radius 1 is 1.53 bits per heavy atom. The van der Waals surface area contributed by atoms with E-state index in [0.29, 0.717) is 19.0 Å². The first kappa shape index (κ1) is 12.6. The lowest BCUT2D eigenvalue weighted by molar-refractivity contribution is -0.0825. The minimum absolute atomic E-state index is 0.125. The van der Waals surface area contributed by atoms with Crippen molar-refractivity contribution in [2.24, 2.45) is 0 Å². The molecular weight excluding hydrogens is 244 g/mol. The maximum absolute atomic E-state index is 11.7. The van der Waals surface area contributed by atoms with Gasteiger partial charge in [0.25, 0.3) is 0 Å². The van der Waals surface area contributed by atoms with Gasteiger partial charge in [0.05, 0.1) is 6.54 Å². The number of fused-ring (bicyclic) bond motifs is 1. The Morgan fingerprint density at radius 2 is 2.37 bits per heavy atom. The second kappa shape index (κ2) is 4.61. The van der Waals surface area contributed by atoms with Crippen LogP contribution < -0.4 is 5.69 Å². The van der Waals surface area contributed by atoms with Gasteiger partial charge in [-0.3, -0.25) is 9.47 Å². The first-order valence-electron chi connectivity index (χ1n) is 6.72. The molecule has 2 aliphatic heterocycles. The molecule has 0 aliphatic carbocycles. The molecule has 0 saturated carbocycles. The van der Waals surface area contributed by atoms with Gasteiger partial charge in [-0.15, -0.1) is 0 Å². The standard InChI is InChI=1S/C13H20N4O2/c1-10(2)3-5-16-6-4-13(8-16)9-17-11(7-19-13)14-15-12(17)18/h3H,4-9H2,1-2H3,(H,15,18). The zero-order chi connectivity index (χ0) is 13.5. The van der Waals surface area contributed by atoms with Crippen molar-refractivity contribution in [3.8, 4) is 0 Å². The van der Waals surface area contributed by atoms with Crippen molar-refractivity contribution >= 4 is 0 Å². The van der Waals surface area contributed by atoms with Gasteiger partial charge in [-0.1, -0.05) is 11.6 Å². The molecule has 6 heteroatoms. The summed E-state index contributed by atoms with van der Waals surface area (Å²) < 4.78 is 7.71. The second-order valence-corrected chi connectivity index (χ2v) is 5.77. The molecule has 1 spiro atoms. The number of aromatic nitrogens is 3. The number of H-pyrrole nitrogens is 1. The van der Waals surface area contributed by atoms with Crippen LogP contribution in [0, 0.1) is 0 Å². The molecule has 2 aliphatic rings. The summed E-state index contributed by atoms with van der Waals surface area (Å²) in [5.74, 6) is 0.707. The van der Waals surface area contributed by atoms with E-state index in [4.69, 9.17) is 4.74 Å². The zero-order valence-corrected chi connectivity index (χ0v) is 11.5. The molecular formula is C13H20N4O2. The van der Waals surface area contributed by atoms with Crippen molar-refractivity contribution in [2.45, 2.75) is 39.0 Å². The van der Waals surface area contributed by atoms with E-state index in [9.17, 15) is 4.79 Å². The molecule has 1 aromatic heterocycles. The van der Waals surface area contributed by atoms with E-state index in [-0.39, 0.29) is 11.3 Å². The lowest BCUT2D eigenvalue weighted by atomic mass is 10.0. The van der Waals surface area contributed by atoms with Gasteiger partial charge in [0.15, 0.2) is 5.82 Å². The molecule has 1 saturated heterocycles.